The molecule has 3 aromatic rings. The number of para-hydroxylation sites is 2. The van der Waals surface area contributed by atoms with Gasteiger partial charge in [-0.3, -0.25) is 14.5 Å². The Balaban J connectivity index is 1.36. The van der Waals surface area contributed by atoms with Crippen molar-refractivity contribution in [3.05, 3.63) is 64.5 Å². The SMILES string of the molecule is O=C(CCc1nc2ccccc2[nH]c1=O)NC[C@H](c1ccco1)N1CCCCC1. The number of hydrogen-bond acceptors (Lipinski definition) is 5. The Labute approximate surface area is 169 Å². The molecule has 152 valence electrons. The molecule has 7 nitrogen and oxygen atoms in total. The van der Waals surface area contributed by atoms with Crippen LogP contribution in [0.3, 0.4) is 0 Å². The Bertz CT molecular complexity index is 1010. The number of likely N-dealkylation sites (tertiary alicyclic amines) is 1. The summed E-state index contributed by atoms with van der Waals surface area (Å²) >= 11 is 0. The van der Waals surface area contributed by atoms with Crippen LogP contribution in [0.25, 0.3) is 11.0 Å². The number of carbonyl (C=O) groups excluding carboxylic acids is 1. The molecule has 3 heterocycles. The number of nitrogens with zero attached hydrogens (tertiary/aromatic N) is 2. The third-order valence-corrected chi connectivity index (χ3v) is 5.45. The number of H-pyrrole nitrogens is 1. The Morgan fingerprint density at radius 2 is 2.00 bits per heavy atom. The predicted octanol–water partition coefficient (Wildman–Crippen LogP) is 2.79. The van der Waals surface area contributed by atoms with E-state index in [4.69, 9.17) is 4.42 Å². The van der Waals surface area contributed by atoms with Crippen molar-refractivity contribution >= 4 is 16.9 Å². The Kier molecular flexibility index (Phi) is 6.05. The zero-order valence-corrected chi connectivity index (χ0v) is 16.4. The first-order chi connectivity index (χ1) is 14.2. The highest BCUT2D eigenvalue weighted by molar-refractivity contribution is 5.76. The maximum Gasteiger partial charge on any atom is 0.270 e. The summed E-state index contributed by atoms with van der Waals surface area (Å²) in [7, 11) is 0. The molecule has 0 radical (unpaired) electrons. The van der Waals surface area contributed by atoms with E-state index < -0.39 is 0 Å². The molecule has 1 atom stereocenters. The standard InChI is InChI=1S/C22H26N4O3/c27-21(11-10-18-22(28)25-17-8-3-2-7-16(17)24-18)23-15-19(20-9-6-14-29-20)26-12-4-1-5-13-26/h2-3,6-9,14,19H,1,4-5,10-13,15H2,(H,23,27)(H,25,28)/t19-/m1/s1. The molecule has 0 unspecified atom stereocenters. The van der Waals surface area contributed by atoms with Gasteiger partial charge >= 0.3 is 0 Å². The van der Waals surface area contributed by atoms with Gasteiger partial charge in [-0.1, -0.05) is 18.6 Å². The van der Waals surface area contributed by atoms with Crippen molar-refractivity contribution < 1.29 is 9.21 Å². The molecular formula is C22H26N4O3. The summed E-state index contributed by atoms with van der Waals surface area (Å²) < 4.78 is 5.62. The smallest absolute Gasteiger partial charge is 0.270 e. The van der Waals surface area contributed by atoms with Gasteiger partial charge in [-0.25, -0.2) is 4.98 Å². The number of aromatic nitrogens is 2. The number of furan rings is 1. The van der Waals surface area contributed by atoms with E-state index in [1.165, 1.54) is 19.3 Å². The van der Waals surface area contributed by atoms with E-state index in [-0.39, 0.29) is 23.9 Å². The fourth-order valence-electron chi connectivity index (χ4n) is 3.89. The first-order valence-electron chi connectivity index (χ1n) is 10.2. The van der Waals surface area contributed by atoms with Crippen LogP contribution in [0, 0.1) is 0 Å². The highest BCUT2D eigenvalue weighted by Crippen LogP contribution is 2.24. The lowest BCUT2D eigenvalue weighted by atomic mass is 10.1. The number of fused-ring (bicyclic) bond motifs is 1. The second kappa shape index (κ2) is 9.05. The van der Waals surface area contributed by atoms with Crippen LogP contribution in [-0.4, -0.2) is 40.4 Å². The van der Waals surface area contributed by atoms with Crippen LogP contribution in [0.5, 0.6) is 0 Å². The van der Waals surface area contributed by atoms with Gasteiger partial charge in [0.05, 0.1) is 23.3 Å². The number of benzene rings is 1. The molecule has 0 aliphatic carbocycles. The average molecular weight is 394 g/mol. The fourth-order valence-corrected chi connectivity index (χ4v) is 3.89. The molecule has 1 saturated heterocycles. The van der Waals surface area contributed by atoms with Gasteiger partial charge in [-0.15, -0.1) is 0 Å². The number of carbonyl (C=O) groups is 1. The highest BCUT2D eigenvalue weighted by atomic mass is 16.3. The van der Waals surface area contributed by atoms with Crippen LogP contribution in [-0.2, 0) is 11.2 Å². The molecule has 1 amide bonds. The van der Waals surface area contributed by atoms with E-state index in [0.717, 1.165) is 24.4 Å². The van der Waals surface area contributed by atoms with Crippen LogP contribution in [0.2, 0.25) is 0 Å². The lowest BCUT2D eigenvalue weighted by Gasteiger charge is -2.33. The molecule has 2 N–H and O–H groups in total. The molecule has 7 heteroatoms. The summed E-state index contributed by atoms with van der Waals surface area (Å²) in [5, 5.41) is 3.01. The maximum absolute atomic E-state index is 12.4. The van der Waals surface area contributed by atoms with Gasteiger partial charge in [-0.2, -0.15) is 0 Å². The molecule has 1 aliphatic heterocycles. The van der Waals surface area contributed by atoms with Crippen LogP contribution in [0.1, 0.15) is 43.2 Å². The zero-order valence-electron chi connectivity index (χ0n) is 16.4. The van der Waals surface area contributed by atoms with E-state index in [9.17, 15) is 9.59 Å². The third-order valence-electron chi connectivity index (χ3n) is 5.45. The molecule has 0 saturated carbocycles. The van der Waals surface area contributed by atoms with Crippen molar-refractivity contribution in [1.29, 1.82) is 0 Å². The summed E-state index contributed by atoms with van der Waals surface area (Å²) in [4.78, 5) is 34.3. The second-order valence-corrected chi connectivity index (χ2v) is 7.46. The van der Waals surface area contributed by atoms with Crippen LogP contribution < -0.4 is 10.9 Å². The first-order valence-corrected chi connectivity index (χ1v) is 10.2. The normalized spacial score (nSPS) is 16.0. The van der Waals surface area contributed by atoms with Crippen molar-refractivity contribution in [2.75, 3.05) is 19.6 Å². The van der Waals surface area contributed by atoms with E-state index in [0.29, 0.717) is 24.2 Å². The van der Waals surface area contributed by atoms with Gasteiger partial charge in [0.2, 0.25) is 5.91 Å². The van der Waals surface area contributed by atoms with Crippen molar-refractivity contribution in [3.8, 4) is 0 Å². The lowest BCUT2D eigenvalue weighted by molar-refractivity contribution is -0.121. The monoisotopic (exact) mass is 394 g/mol. The van der Waals surface area contributed by atoms with Crippen molar-refractivity contribution in [1.82, 2.24) is 20.2 Å². The molecule has 2 aromatic heterocycles. The number of amides is 1. The van der Waals surface area contributed by atoms with Gasteiger partial charge in [0.25, 0.3) is 5.56 Å². The first kappa shape index (κ1) is 19.4. The molecule has 1 aliphatic rings. The van der Waals surface area contributed by atoms with E-state index in [1.807, 2.05) is 36.4 Å². The Morgan fingerprint density at radius 1 is 1.17 bits per heavy atom. The number of nitrogens with one attached hydrogen (secondary N) is 2. The fraction of sp³-hybridized carbons (Fsp3) is 0.409. The van der Waals surface area contributed by atoms with Crippen molar-refractivity contribution in [2.45, 2.75) is 38.1 Å². The van der Waals surface area contributed by atoms with E-state index >= 15 is 0 Å². The summed E-state index contributed by atoms with van der Waals surface area (Å²) in [5.41, 5.74) is 1.58. The minimum atomic E-state index is -0.238. The highest BCUT2D eigenvalue weighted by Gasteiger charge is 2.24. The summed E-state index contributed by atoms with van der Waals surface area (Å²) in [6, 6.07) is 11.3. The molecule has 0 spiro atoms. The van der Waals surface area contributed by atoms with E-state index in [1.54, 1.807) is 6.26 Å². The van der Waals surface area contributed by atoms with Crippen LogP contribution in [0.15, 0.2) is 51.9 Å². The predicted molar refractivity (Wildman–Crippen MR) is 111 cm³/mol. The Morgan fingerprint density at radius 3 is 2.79 bits per heavy atom. The van der Waals surface area contributed by atoms with Gasteiger partial charge in [0.1, 0.15) is 11.5 Å². The van der Waals surface area contributed by atoms with Crippen molar-refractivity contribution in [2.24, 2.45) is 0 Å². The van der Waals surface area contributed by atoms with Crippen LogP contribution in [0.4, 0.5) is 0 Å². The number of aromatic amines is 1. The van der Waals surface area contributed by atoms with Gasteiger partial charge in [0.15, 0.2) is 0 Å². The molecule has 1 aromatic carbocycles. The third kappa shape index (κ3) is 4.74. The minimum Gasteiger partial charge on any atom is -0.468 e. The maximum atomic E-state index is 12.4. The van der Waals surface area contributed by atoms with E-state index in [2.05, 4.69) is 20.2 Å². The number of aryl methyl sites for hydroxylation is 1. The number of hydrogen-bond donors (Lipinski definition) is 2. The van der Waals surface area contributed by atoms with Crippen LogP contribution >= 0.6 is 0 Å². The molecular weight excluding hydrogens is 368 g/mol. The number of rotatable bonds is 7. The lowest BCUT2D eigenvalue weighted by Crippen LogP contribution is -2.40. The minimum absolute atomic E-state index is 0.0384. The molecule has 4 rings (SSSR count). The Hall–Kier alpha value is -2.93. The summed E-state index contributed by atoms with van der Waals surface area (Å²) in [5.74, 6) is 0.785. The quantitative estimate of drug-likeness (QED) is 0.643. The molecule has 29 heavy (non-hydrogen) atoms. The topological polar surface area (TPSA) is 91.2 Å². The summed E-state index contributed by atoms with van der Waals surface area (Å²) in [6.07, 6.45) is 5.79. The molecule has 0 bridgehead atoms. The zero-order chi connectivity index (χ0) is 20.1. The molecule has 1 fully saturated rings. The van der Waals surface area contributed by atoms with Gasteiger partial charge < -0.3 is 14.7 Å². The van der Waals surface area contributed by atoms with Crippen molar-refractivity contribution in [3.63, 3.8) is 0 Å². The average Bonchev–Trinajstić information content (AvgIpc) is 3.28. The van der Waals surface area contributed by atoms with Gasteiger partial charge in [0, 0.05) is 19.4 Å². The number of piperidine rings is 1. The van der Waals surface area contributed by atoms with Gasteiger partial charge in [-0.05, 0) is 50.2 Å². The summed E-state index contributed by atoms with van der Waals surface area (Å²) in [6.45, 7) is 2.52. The largest absolute Gasteiger partial charge is 0.468 e. The second-order valence-electron chi connectivity index (χ2n) is 7.46.